The van der Waals surface area contributed by atoms with Crippen LogP contribution < -0.4 is 10.9 Å². The molecule has 1 heterocycles. The molecule has 0 aromatic carbocycles. The van der Waals surface area contributed by atoms with Gasteiger partial charge in [-0.2, -0.15) is 0 Å². The van der Waals surface area contributed by atoms with Gasteiger partial charge in [0.2, 0.25) is 0 Å². The number of nitrogens with one attached hydrogen (secondary N) is 1. The molecule has 1 atom stereocenters. The molecular formula is C15H24N2O3. The number of rotatable bonds is 6. The molecule has 2 N–H and O–H groups in total. The monoisotopic (exact) mass is 280 g/mol. The lowest BCUT2D eigenvalue weighted by Gasteiger charge is -2.24. The zero-order chi connectivity index (χ0) is 15.3. The van der Waals surface area contributed by atoms with Gasteiger partial charge in [-0.3, -0.25) is 9.59 Å². The maximum absolute atomic E-state index is 11.9. The molecule has 0 radical (unpaired) electrons. The molecule has 0 saturated carbocycles. The van der Waals surface area contributed by atoms with E-state index in [0.29, 0.717) is 17.9 Å². The molecule has 5 nitrogen and oxygen atoms in total. The third kappa shape index (κ3) is 5.17. The van der Waals surface area contributed by atoms with Gasteiger partial charge >= 0.3 is 0 Å². The van der Waals surface area contributed by atoms with E-state index < -0.39 is 5.60 Å². The molecule has 20 heavy (non-hydrogen) atoms. The van der Waals surface area contributed by atoms with E-state index in [2.05, 4.69) is 19.2 Å². The maximum atomic E-state index is 11.9. The van der Waals surface area contributed by atoms with E-state index in [0.717, 1.165) is 6.42 Å². The molecule has 0 aliphatic carbocycles. The van der Waals surface area contributed by atoms with Crippen molar-refractivity contribution in [2.75, 3.05) is 6.54 Å². The molecule has 0 spiro atoms. The first-order chi connectivity index (χ1) is 9.21. The SMILES string of the molecule is CC(C)CC[C@@](C)(O)CNC(=O)c1ccn(C)c(=O)c1. The highest BCUT2D eigenvalue weighted by molar-refractivity contribution is 5.94. The van der Waals surface area contributed by atoms with Crippen LogP contribution in [0.3, 0.4) is 0 Å². The first-order valence-electron chi connectivity index (χ1n) is 6.88. The van der Waals surface area contributed by atoms with Crippen LogP contribution in [-0.2, 0) is 7.05 Å². The summed E-state index contributed by atoms with van der Waals surface area (Å²) in [7, 11) is 1.63. The molecule has 0 bridgehead atoms. The summed E-state index contributed by atoms with van der Waals surface area (Å²) in [4.78, 5) is 23.4. The van der Waals surface area contributed by atoms with Crippen molar-refractivity contribution < 1.29 is 9.90 Å². The summed E-state index contributed by atoms with van der Waals surface area (Å²) < 4.78 is 1.40. The Kier molecular flexibility index (Phi) is 5.51. The van der Waals surface area contributed by atoms with Crippen molar-refractivity contribution in [3.05, 3.63) is 34.2 Å². The second kappa shape index (κ2) is 6.70. The van der Waals surface area contributed by atoms with Crippen LogP contribution in [0.5, 0.6) is 0 Å². The van der Waals surface area contributed by atoms with Gasteiger partial charge in [0, 0.05) is 31.4 Å². The number of nitrogens with zero attached hydrogens (tertiary/aromatic N) is 1. The molecule has 0 aliphatic heterocycles. The van der Waals surface area contributed by atoms with E-state index in [1.165, 1.54) is 10.6 Å². The van der Waals surface area contributed by atoms with E-state index in [4.69, 9.17) is 0 Å². The average molecular weight is 280 g/mol. The van der Waals surface area contributed by atoms with Gasteiger partial charge in [-0.25, -0.2) is 0 Å². The van der Waals surface area contributed by atoms with Crippen molar-refractivity contribution in [2.24, 2.45) is 13.0 Å². The fourth-order valence-electron chi connectivity index (χ4n) is 1.75. The molecule has 112 valence electrons. The lowest BCUT2D eigenvalue weighted by atomic mass is 9.95. The summed E-state index contributed by atoms with van der Waals surface area (Å²) in [6, 6.07) is 2.87. The molecule has 0 unspecified atom stereocenters. The predicted octanol–water partition coefficient (Wildman–Crippen LogP) is 1.30. The summed E-state index contributed by atoms with van der Waals surface area (Å²) in [6.45, 7) is 6.07. The highest BCUT2D eigenvalue weighted by Gasteiger charge is 2.21. The number of hydrogen-bond donors (Lipinski definition) is 2. The van der Waals surface area contributed by atoms with Gasteiger partial charge < -0.3 is 15.0 Å². The van der Waals surface area contributed by atoms with Crippen molar-refractivity contribution in [3.63, 3.8) is 0 Å². The minimum Gasteiger partial charge on any atom is -0.388 e. The summed E-state index contributed by atoms with van der Waals surface area (Å²) in [5.41, 5.74) is -0.850. The number of carbonyl (C=O) groups is 1. The van der Waals surface area contributed by atoms with E-state index in [9.17, 15) is 14.7 Å². The van der Waals surface area contributed by atoms with Crippen LogP contribution in [0.2, 0.25) is 0 Å². The lowest BCUT2D eigenvalue weighted by Crippen LogP contribution is -2.41. The van der Waals surface area contributed by atoms with Crippen molar-refractivity contribution in [3.8, 4) is 0 Å². The lowest BCUT2D eigenvalue weighted by molar-refractivity contribution is 0.0429. The number of amides is 1. The largest absolute Gasteiger partial charge is 0.388 e. The van der Waals surface area contributed by atoms with Gasteiger partial charge in [-0.1, -0.05) is 13.8 Å². The summed E-state index contributed by atoms with van der Waals surface area (Å²) >= 11 is 0. The molecule has 1 aromatic heterocycles. The van der Waals surface area contributed by atoms with E-state index in [1.807, 2.05) is 0 Å². The molecular weight excluding hydrogens is 256 g/mol. The van der Waals surface area contributed by atoms with Crippen molar-refractivity contribution >= 4 is 5.91 Å². The average Bonchev–Trinajstić information content (AvgIpc) is 2.37. The maximum Gasteiger partial charge on any atom is 0.251 e. The van der Waals surface area contributed by atoms with Gasteiger partial charge in [0.25, 0.3) is 11.5 Å². The van der Waals surface area contributed by atoms with Crippen molar-refractivity contribution in [1.82, 2.24) is 9.88 Å². The summed E-state index contributed by atoms with van der Waals surface area (Å²) in [6.07, 6.45) is 3.07. The zero-order valence-corrected chi connectivity index (χ0v) is 12.6. The zero-order valence-electron chi connectivity index (χ0n) is 12.6. The van der Waals surface area contributed by atoms with E-state index in [1.54, 1.807) is 26.2 Å². The molecule has 1 rings (SSSR count). The Morgan fingerprint density at radius 3 is 2.70 bits per heavy atom. The third-order valence-corrected chi connectivity index (χ3v) is 3.26. The highest BCUT2D eigenvalue weighted by Crippen LogP contribution is 2.15. The van der Waals surface area contributed by atoms with Crippen LogP contribution in [-0.4, -0.2) is 27.7 Å². The molecule has 5 heteroatoms. The van der Waals surface area contributed by atoms with Crippen LogP contribution in [0, 0.1) is 5.92 Å². The second-order valence-electron chi connectivity index (χ2n) is 5.98. The fraction of sp³-hybridized carbons (Fsp3) is 0.600. The highest BCUT2D eigenvalue weighted by atomic mass is 16.3. The van der Waals surface area contributed by atoms with Gasteiger partial charge in [0.15, 0.2) is 0 Å². The van der Waals surface area contributed by atoms with Crippen LogP contribution in [0.4, 0.5) is 0 Å². The minimum atomic E-state index is -0.931. The Hall–Kier alpha value is -1.62. The number of hydrogen-bond acceptors (Lipinski definition) is 3. The van der Waals surface area contributed by atoms with Crippen LogP contribution in [0.25, 0.3) is 0 Å². The smallest absolute Gasteiger partial charge is 0.251 e. The molecule has 0 saturated heterocycles. The fourth-order valence-corrected chi connectivity index (χ4v) is 1.75. The Morgan fingerprint density at radius 1 is 1.50 bits per heavy atom. The Balaban J connectivity index is 2.58. The van der Waals surface area contributed by atoms with Crippen LogP contribution in [0.15, 0.2) is 23.1 Å². The second-order valence-corrected chi connectivity index (χ2v) is 5.98. The molecule has 1 aromatic rings. The Bertz CT molecular complexity index is 518. The minimum absolute atomic E-state index is 0.174. The topological polar surface area (TPSA) is 71.3 Å². The Morgan fingerprint density at radius 2 is 2.15 bits per heavy atom. The Labute approximate surface area is 119 Å². The van der Waals surface area contributed by atoms with E-state index >= 15 is 0 Å². The van der Waals surface area contributed by atoms with Gasteiger partial charge in [-0.05, 0) is 31.7 Å². The van der Waals surface area contributed by atoms with Gasteiger partial charge in [0.05, 0.1) is 5.60 Å². The van der Waals surface area contributed by atoms with Crippen LogP contribution in [0.1, 0.15) is 44.0 Å². The third-order valence-electron chi connectivity index (χ3n) is 3.26. The predicted molar refractivity (Wildman–Crippen MR) is 78.7 cm³/mol. The summed E-state index contributed by atoms with van der Waals surface area (Å²) in [5.74, 6) is 0.168. The standard InChI is InChI=1S/C15H24N2O3/c1-11(2)5-7-15(3,20)10-16-14(19)12-6-8-17(4)13(18)9-12/h6,8-9,11,20H,5,7,10H2,1-4H3,(H,16,19)/t15-/m1/s1. The molecule has 0 aliphatic rings. The number of aliphatic hydroxyl groups is 1. The van der Waals surface area contributed by atoms with Crippen molar-refractivity contribution in [2.45, 2.75) is 39.2 Å². The number of carbonyl (C=O) groups excluding carboxylic acids is 1. The quantitative estimate of drug-likeness (QED) is 0.825. The number of aromatic nitrogens is 1. The summed E-state index contributed by atoms with van der Waals surface area (Å²) in [5, 5.41) is 12.8. The normalized spacial score (nSPS) is 14.1. The number of pyridine rings is 1. The van der Waals surface area contributed by atoms with Crippen molar-refractivity contribution in [1.29, 1.82) is 0 Å². The van der Waals surface area contributed by atoms with Crippen LogP contribution >= 0.6 is 0 Å². The first-order valence-corrected chi connectivity index (χ1v) is 6.88. The number of aryl methyl sites for hydroxylation is 1. The first kappa shape index (κ1) is 16.4. The molecule has 0 fully saturated rings. The van der Waals surface area contributed by atoms with Gasteiger partial charge in [0.1, 0.15) is 0 Å². The van der Waals surface area contributed by atoms with Gasteiger partial charge in [-0.15, -0.1) is 0 Å². The molecule has 1 amide bonds. The van der Waals surface area contributed by atoms with E-state index in [-0.39, 0.29) is 18.0 Å².